The van der Waals surface area contributed by atoms with Gasteiger partial charge in [-0.05, 0) is 43.1 Å². The summed E-state index contributed by atoms with van der Waals surface area (Å²) >= 11 is 1.89. The number of hydrogen-bond donors (Lipinski definition) is 1. The molecule has 0 saturated heterocycles. The fraction of sp³-hybridized carbons (Fsp3) is 0.462. The van der Waals surface area contributed by atoms with Crippen molar-refractivity contribution in [3.63, 3.8) is 0 Å². The fourth-order valence-electron chi connectivity index (χ4n) is 1.31. The third-order valence-corrected chi connectivity index (χ3v) is 3.16. The number of thioether (sulfide) groups is 1. The average molecular weight is 253 g/mol. The molecule has 17 heavy (non-hydrogen) atoms. The SMILES string of the molecule is CCSCCC(C)NC(=O)C=Cc1ccco1. The zero-order chi connectivity index (χ0) is 12.5. The van der Waals surface area contributed by atoms with Gasteiger partial charge in [0.1, 0.15) is 5.76 Å². The van der Waals surface area contributed by atoms with Crippen LogP contribution in [0.4, 0.5) is 0 Å². The lowest BCUT2D eigenvalue weighted by Crippen LogP contribution is -2.31. The Morgan fingerprint density at radius 2 is 2.47 bits per heavy atom. The van der Waals surface area contributed by atoms with E-state index < -0.39 is 0 Å². The Bertz CT molecular complexity index is 346. The van der Waals surface area contributed by atoms with Crippen LogP contribution in [0.25, 0.3) is 6.08 Å². The van der Waals surface area contributed by atoms with Crippen molar-refractivity contribution in [2.24, 2.45) is 0 Å². The highest BCUT2D eigenvalue weighted by Crippen LogP contribution is 2.04. The highest BCUT2D eigenvalue weighted by Gasteiger charge is 2.04. The molecule has 0 aliphatic carbocycles. The van der Waals surface area contributed by atoms with E-state index in [-0.39, 0.29) is 11.9 Å². The number of amides is 1. The van der Waals surface area contributed by atoms with E-state index in [1.54, 1.807) is 18.4 Å². The quantitative estimate of drug-likeness (QED) is 0.600. The summed E-state index contributed by atoms with van der Waals surface area (Å²) in [6, 6.07) is 3.82. The van der Waals surface area contributed by atoms with Crippen molar-refractivity contribution in [1.29, 1.82) is 0 Å². The number of carbonyl (C=O) groups excluding carboxylic acids is 1. The minimum atomic E-state index is -0.0737. The van der Waals surface area contributed by atoms with Gasteiger partial charge in [-0.2, -0.15) is 11.8 Å². The van der Waals surface area contributed by atoms with E-state index in [1.807, 2.05) is 24.8 Å². The normalized spacial score (nSPS) is 12.8. The molecule has 0 aromatic carbocycles. The van der Waals surface area contributed by atoms with Crippen molar-refractivity contribution in [2.45, 2.75) is 26.3 Å². The predicted octanol–water partition coefficient (Wildman–Crippen LogP) is 2.94. The molecule has 0 radical (unpaired) electrons. The van der Waals surface area contributed by atoms with E-state index >= 15 is 0 Å². The van der Waals surface area contributed by atoms with Gasteiger partial charge in [-0.1, -0.05) is 6.92 Å². The van der Waals surface area contributed by atoms with Crippen LogP contribution < -0.4 is 5.32 Å². The highest BCUT2D eigenvalue weighted by molar-refractivity contribution is 7.99. The van der Waals surface area contributed by atoms with Crippen LogP contribution >= 0.6 is 11.8 Å². The van der Waals surface area contributed by atoms with Gasteiger partial charge in [0, 0.05) is 12.1 Å². The van der Waals surface area contributed by atoms with E-state index in [1.165, 1.54) is 6.08 Å². The Balaban J connectivity index is 2.24. The largest absolute Gasteiger partial charge is 0.465 e. The van der Waals surface area contributed by atoms with Gasteiger partial charge in [-0.25, -0.2) is 0 Å². The first-order valence-corrected chi connectivity index (χ1v) is 6.97. The molecule has 1 aromatic heterocycles. The van der Waals surface area contributed by atoms with E-state index in [4.69, 9.17) is 4.42 Å². The predicted molar refractivity (Wildman–Crippen MR) is 73.0 cm³/mol. The van der Waals surface area contributed by atoms with Crippen LogP contribution in [0.5, 0.6) is 0 Å². The summed E-state index contributed by atoms with van der Waals surface area (Å²) in [6.07, 6.45) is 5.76. The van der Waals surface area contributed by atoms with E-state index in [9.17, 15) is 4.79 Å². The van der Waals surface area contributed by atoms with Crippen LogP contribution in [0, 0.1) is 0 Å². The third-order valence-electron chi connectivity index (χ3n) is 2.23. The standard InChI is InChI=1S/C13H19NO2S/c1-3-17-10-8-11(2)14-13(15)7-6-12-5-4-9-16-12/h4-7,9,11H,3,8,10H2,1-2H3,(H,14,15). The summed E-state index contributed by atoms with van der Waals surface area (Å²) in [6.45, 7) is 4.16. The van der Waals surface area contributed by atoms with Gasteiger partial charge in [-0.3, -0.25) is 4.79 Å². The van der Waals surface area contributed by atoms with Gasteiger partial charge in [0.05, 0.1) is 6.26 Å². The maximum Gasteiger partial charge on any atom is 0.244 e. The Kier molecular flexibility index (Phi) is 6.55. The molecule has 1 rings (SSSR count). The van der Waals surface area contributed by atoms with Gasteiger partial charge < -0.3 is 9.73 Å². The first kappa shape index (κ1) is 13.9. The molecule has 94 valence electrons. The fourth-order valence-corrected chi connectivity index (χ4v) is 2.12. The molecule has 4 heteroatoms. The Morgan fingerprint density at radius 1 is 1.65 bits per heavy atom. The second-order valence-electron chi connectivity index (χ2n) is 3.74. The molecule has 1 unspecified atom stereocenters. The molecule has 1 amide bonds. The summed E-state index contributed by atoms with van der Waals surface area (Å²) in [5, 5.41) is 2.92. The Hall–Kier alpha value is -1.16. The van der Waals surface area contributed by atoms with Crippen molar-refractivity contribution in [2.75, 3.05) is 11.5 Å². The van der Waals surface area contributed by atoms with Gasteiger partial charge in [-0.15, -0.1) is 0 Å². The summed E-state index contributed by atoms with van der Waals surface area (Å²) in [5.74, 6) is 2.82. The molecule has 0 fully saturated rings. The zero-order valence-electron chi connectivity index (χ0n) is 10.3. The second kappa shape index (κ2) is 8.01. The molecule has 0 bridgehead atoms. The number of hydrogen-bond acceptors (Lipinski definition) is 3. The monoisotopic (exact) mass is 253 g/mol. The topological polar surface area (TPSA) is 42.2 Å². The molecule has 1 aromatic rings. The summed E-state index contributed by atoms with van der Waals surface area (Å²) in [5.41, 5.74) is 0. The van der Waals surface area contributed by atoms with Crippen LogP contribution in [0.1, 0.15) is 26.0 Å². The molecular formula is C13H19NO2S. The van der Waals surface area contributed by atoms with Gasteiger partial charge in [0.2, 0.25) is 5.91 Å². The maximum absolute atomic E-state index is 11.5. The first-order chi connectivity index (χ1) is 8.22. The van der Waals surface area contributed by atoms with Crippen LogP contribution in [-0.4, -0.2) is 23.5 Å². The third kappa shape index (κ3) is 6.22. The number of nitrogens with one attached hydrogen (secondary N) is 1. The molecule has 0 spiro atoms. The van der Waals surface area contributed by atoms with Crippen molar-refractivity contribution in [1.82, 2.24) is 5.32 Å². The van der Waals surface area contributed by atoms with Crippen LogP contribution in [0.15, 0.2) is 28.9 Å². The molecule has 3 nitrogen and oxygen atoms in total. The minimum Gasteiger partial charge on any atom is -0.465 e. The van der Waals surface area contributed by atoms with Crippen LogP contribution in [0.2, 0.25) is 0 Å². The average Bonchev–Trinajstić information content (AvgIpc) is 2.79. The minimum absolute atomic E-state index is 0.0737. The van der Waals surface area contributed by atoms with Crippen molar-refractivity contribution in [3.8, 4) is 0 Å². The van der Waals surface area contributed by atoms with E-state index in [0.717, 1.165) is 17.9 Å². The molecule has 0 aliphatic rings. The molecule has 0 aliphatic heterocycles. The smallest absolute Gasteiger partial charge is 0.244 e. The van der Waals surface area contributed by atoms with Crippen LogP contribution in [0.3, 0.4) is 0 Å². The lowest BCUT2D eigenvalue weighted by molar-refractivity contribution is -0.117. The van der Waals surface area contributed by atoms with Crippen molar-refractivity contribution in [3.05, 3.63) is 30.2 Å². The molecule has 1 atom stereocenters. The number of rotatable bonds is 7. The summed E-state index contributed by atoms with van der Waals surface area (Å²) in [4.78, 5) is 11.5. The second-order valence-corrected chi connectivity index (χ2v) is 5.14. The molecule has 0 saturated carbocycles. The number of carbonyl (C=O) groups is 1. The maximum atomic E-state index is 11.5. The lowest BCUT2D eigenvalue weighted by Gasteiger charge is -2.11. The van der Waals surface area contributed by atoms with Gasteiger partial charge in [0.25, 0.3) is 0 Å². The number of furan rings is 1. The molecule has 1 heterocycles. The van der Waals surface area contributed by atoms with Crippen LogP contribution in [-0.2, 0) is 4.79 Å². The first-order valence-electron chi connectivity index (χ1n) is 5.82. The summed E-state index contributed by atoms with van der Waals surface area (Å²) < 4.78 is 5.10. The Morgan fingerprint density at radius 3 is 3.12 bits per heavy atom. The van der Waals surface area contributed by atoms with Crippen molar-refractivity contribution >= 4 is 23.7 Å². The lowest BCUT2D eigenvalue weighted by atomic mass is 10.2. The van der Waals surface area contributed by atoms with Gasteiger partial charge >= 0.3 is 0 Å². The molecule has 1 N–H and O–H groups in total. The van der Waals surface area contributed by atoms with Gasteiger partial charge in [0.15, 0.2) is 0 Å². The summed E-state index contributed by atoms with van der Waals surface area (Å²) in [7, 11) is 0. The highest BCUT2D eigenvalue weighted by atomic mass is 32.2. The van der Waals surface area contributed by atoms with Crippen molar-refractivity contribution < 1.29 is 9.21 Å². The Labute approximate surface area is 107 Å². The van der Waals surface area contributed by atoms with E-state index in [0.29, 0.717) is 5.76 Å². The zero-order valence-corrected chi connectivity index (χ0v) is 11.1. The molecular weight excluding hydrogens is 234 g/mol. The van der Waals surface area contributed by atoms with E-state index in [2.05, 4.69) is 12.2 Å².